The summed E-state index contributed by atoms with van der Waals surface area (Å²) >= 11 is 17.7. The fraction of sp³-hybridized carbons (Fsp3) is 0.500. The van der Waals surface area contributed by atoms with Crippen molar-refractivity contribution in [3.8, 4) is 0 Å². The SMILES string of the molecule is Cc1cccc(C(=O)NC(NC2CCS(=O)(=O)C2)C(Cl)(Cl)Cl)c1. The Morgan fingerprint density at radius 1 is 1.35 bits per heavy atom. The third kappa shape index (κ3) is 5.50. The van der Waals surface area contributed by atoms with Crippen LogP contribution in [0.15, 0.2) is 24.3 Å². The summed E-state index contributed by atoms with van der Waals surface area (Å²) in [5.41, 5.74) is 1.36. The molecule has 2 unspecified atom stereocenters. The molecule has 1 aliphatic heterocycles. The standard InChI is InChI=1S/C14H17Cl3N2O3S/c1-9-3-2-4-10(7-9)12(20)19-13(14(15,16)17)18-11-5-6-23(21,22)8-11/h2-4,7,11,13,18H,5-6,8H2,1H3,(H,19,20). The second kappa shape index (κ2) is 7.15. The van der Waals surface area contributed by atoms with Crippen LogP contribution in [0.2, 0.25) is 0 Å². The van der Waals surface area contributed by atoms with Crippen molar-refractivity contribution in [3.05, 3.63) is 35.4 Å². The molecule has 1 fully saturated rings. The maximum absolute atomic E-state index is 12.3. The molecule has 0 radical (unpaired) electrons. The van der Waals surface area contributed by atoms with Crippen molar-refractivity contribution in [2.75, 3.05) is 11.5 Å². The summed E-state index contributed by atoms with van der Waals surface area (Å²) in [6, 6.07) is 6.62. The first kappa shape index (κ1) is 18.8. The molecule has 5 nitrogen and oxygen atoms in total. The predicted molar refractivity (Wildman–Crippen MR) is 92.9 cm³/mol. The molecular formula is C14H17Cl3N2O3S. The van der Waals surface area contributed by atoms with Crippen molar-refractivity contribution in [2.24, 2.45) is 0 Å². The van der Waals surface area contributed by atoms with Crippen molar-refractivity contribution in [1.29, 1.82) is 0 Å². The highest BCUT2D eigenvalue weighted by atomic mass is 35.6. The van der Waals surface area contributed by atoms with E-state index in [4.69, 9.17) is 34.8 Å². The van der Waals surface area contributed by atoms with Gasteiger partial charge in [-0.15, -0.1) is 0 Å². The van der Waals surface area contributed by atoms with Crippen LogP contribution in [0, 0.1) is 6.92 Å². The van der Waals surface area contributed by atoms with Gasteiger partial charge in [0.2, 0.25) is 3.79 Å². The Hall–Kier alpha value is -0.530. The van der Waals surface area contributed by atoms with Gasteiger partial charge in [0.1, 0.15) is 6.17 Å². The lowest BCUT2D eigenvalue weighted by molar-refractivity contribution is 0.0927. The Labute approximate surface area is 150 Å². The average Bonchev–Trinajstić information content (AvgIpc) is 2.76. The van der Waals surface area contributed by atoms with Gasteiger partial charge in [-0.05, 0) is 25.5 Å². The van der Waals surface area contributed by atoms with Gasteiger partial charge in [-0.1, -0.05) is 52.5 Å². The molecule has 1 aromatic carbocycles. The van der Waals surface area contributed by atoms with E-state index in [1.165, 1.54) is 0 Å². The van der Waals surface area contributed by atoms with Crippen LogP contribution >= 0.6 is 34.8 Å². The molecule has 1 aliphatic rings. The number of nitrogens with one attached hydrogen (secondary N) is 2. The first-order chi connectivity index (χ1) is 10.6. The molecule has 0 aliphatic carbocycles. The Morgan fingerprint density at radius 3 is 2.57 bits per heavy atom. The van der Waals surface area contributed by atoms with E-state index in [1.54, 1.807) is 18.2 Å². The number of hydrogen-bond donors (Lipinski definition) is 2. The van der Waals surface area contributed by atoms with Crippen LogP contribution in [0.4, 0.5) is 0 Å². The molecule has 0 saturated carbocycles. The number of sulfone groups is 1. The zero-order valence-corrected chi connectivity index (χ0v) is 15.4. The van der Waals surface area contributed by atoms with Crippen LogP contribution in [0.1, 0.15) is 22.3 Å². The number of carbonyl (C=O) groups excluding carboxylic acids is 1. The molecule has 128 valence electrons. The Balaban J connectivity index is 2.09. The number of aryl methyl sites for hydroxylation is 1. The minimum absolute atomic E-state index is 0.0371. The molecule has 0 bridgehead atoms. The predicted octanol–water partition coefficient (Wildman–Crippen LogP) is 2.20. The first-order valence-corrected chi connectivity index (χ1v) is 9.93. The van der Waals surface area contributed by atoms with Crippen LogP contribution in [0.25, 0.3) is 0 Å². The molecule has 2 N–H and O–H groups in total. The molecule has 9 heteroatoms. The molecule has 0 aromatic heterocycles. The lowest BCUT2D eigenvalue weighted by Crippen LogP contribution is -2.56. The summed E-state index contributed by atoms with van der Waals surface area (Å²) in [6.45, 7) is 1.87. The smallest absolute Gasteiger partial charge is 0.252 e. The Kier molecular flexibility index (Phi) is 5.85. The molecular weight excluding hydrogens is 383 g/mol. The van der Waals surface area contributed by atoms with E-state index in [-0.39, 0.29) is 17.5 Å². The van der Waals surface area contributed by atoms with E-state index < -0.39 is 25.7 Å². The van der Waals surface area contributed by atoms with Crippen molar-refractivity contribution >= 4 is 50.5 Å². The van der Waals surface area contributed by atoms with Gasteiger partial charge in [-0.2, -0.15) is 0 Å². The fourth-order valence-electron chi connectivity index (χ4n) is 2.38. The second-order valence-electron chi connectivity index (χ2n) is 5.58. The van der Waals surface area contributed by atoms with Gasteiger partial charge in [0, 0.05) is 11.6 Å². The molecule has 1 heterocycles. The quantitative estimate of drug-likeness (QED) is 0.601. The highest BCUT2D eigenvalue weighted by molar-refractivity contribution is 7.91. The van der Waals surface area contributed by atoms with Crippen molar-refractivity contribution < 1.29 is 13.2 Å². The largest absolute Gasteiger partial charge is 0.333 e. The topological polar surface area (TPSA) is 75.3 Å². The van der Waals surface area contributed by atoms with Crippen LogP contribution in [0.3, 0.4) is 0 Å². The maximum Gasteiger partial charge on any atom is 0.252 e. The summed E-state index contributed by atoms with van der Waals surface area (Å²) in [7, 11) is -3.08. The minimum Gasteiger partial charge on any atom is -0.333 e. The second-order valence-corrected chi connectivity index (χ2v) is 10.2. The summed E-state index contributed by atoms with van der Waals surface area (Å²) in [4.78, 5) is 12.3. The van der Waals surface area contributed by atoms with E-state index in [0.29, 0.717) is 12.0 Å². The van der Waals surface area contributed by atoms with E-state index in [2.05, 4.69) is 10.6 Å². The van der Waals surface area contributed by atoms with Crippen LogP contribution < -0.4 is 10.6 Å². The summed E-state index contributed by atoms with van der Waals surface area (Å²) in [5.74, 6) is -0.355. The number of alkyl halides is 3. The maximum atomic E-state index is 12.3. The molecule has 2 atom stereocenters. The molecule has 2 rings (SSSR count). The van der Waals surface area contributed by atoms with Gasteiger partial charge in [0.25, 0.3) is 5.91 Å². The molecule has 23 heavy (non-hydrogen) atoms. The Bertz CT molecular complexity index is 689. The molecule has 1 amide bonds. The van der Waals surface area contributed by atoms with Crippen LogP contribution in [-0.2, 0) is 9.84 Å². The monoisotopic (exact) mass is 398 g/mol. The van der Waals surface area contributed by atoms with Gasteiger partial charge >= 0.3 is 0 Å². The molecule has 1 aromatic rings. The number of benzene rings is 1. The highest BCUT2D eigenvalue weighted by Crippen LogP contribution is 2.30. The van der Waals surface area contributed by atoms with E-state index in [1.807, 2.05) is 13.0 Å². The number of halogens is 3. The number of amides is 1. The minimum atomic E-state index is -3.08. The number of hydrogen-bond acceptors (Lipinski definition) is 4. The summed E-state index contributed by atoms with van der Waals surface area (Å²) in [5, 5.41) is 5.53. The Morgan fingerprint density at radius 2 is 2.04 bits per heavy atom. The number of rotatable bonds is 4. The van der Waals surface area contributed by atoms with E-state index >= 15 is 0 Å². The lowest BCUT2D eigenvalue weighted by atomic mass is 10.1. The van der Waals surface area contributed by atoms with Crippen LogP contribution in [-0.4, -0.2) is 41.8 Å². The van der Waals surface area contributed by atoms with Gasteiger partial charge in [-0.25, -0.2) is 8.42 Å². The summed E-state index contributed by atoms with van der Waals surface area (Å²) < 4.78 is 21.2. The zero-order chi connectivity index (χ0) is 17.3. The summed E-state index contributed by atoms with van der Waals surface area (Å²) in [6.07, 6.45) is -0.585. The van der Waals surface area contributed by atoms with Crippen molar-refractivity contribution in [3.63, 3.8) is 0 Å². The lowest BCUT2D eigenvalue weighted by Gasteiger charge is -2.29. The third-order valence-electron chi connectivity index (χ3n) is 3.52. The van der Waals surface area contributed by atoms with Crippen molar-refractivity contribution in [1.82, 2.24) is 10.6 Å². The van der Waals surface area contributed by atoms with Gasteiger partial charge < -0.3 is 5.32 Å². The van der Waals surface area contributed by atoms with Gasteiger partial charge in [-0.3, -0.25) is 10.1 Å². The van der Waals surface area contributed by atoms with Gasteiger partial charge in [0.15, 0.2) is 9.84 Å². The number of carbonyl (C=O) groups is 1. The highest BCUT2D eigenvalue weighted by Gasteiger charge is 2.38. The van der Waals surface area contributed by atoms with Crippen LogP contribution in [0.5, 0.6) is 0 Å². The third-order valence-corrected chi connectivity index (χ3v) is 5.94. The van der Waals surface area contributed by atoms with Crippen molar-refractivity contribution in [2.45, 2.75) is 29.3 Å². The normalized spacial score (nSPS) is 21.8. The van der Waals surface area contributed by atoms with E-state index in [9.17, 15) is 13.2 Å². The molecule has 1 saturated heterocycles. The first-order valence-electron chi connectivity index (χ1n) is 6.97. The zero-order valence-electron chi connectivity index (χ0n) is 12.4. The van der Waals surface area contributed by atoms with E-state index in [0.717, 1.165) is 5.56 Å². The average molecular weight is 400 g/mol. The fourth-order valence-corrected chi connectivity index (χ4v) is 4.42. The van der Waals surface area contributed by atoms with Gasteiger partial charge in [0.05, 0.1) is 11.5 Å². The molecule has 0 spiro atoms.